The highest BCUT2D eigenvalue weighted by atomic mass is 35.5. The van der Waals surface area contributed by atoms with Gasteiger partial charge < -0.3 is 4.18 Å². The van der Waals surface area contributed by atoms with Gasteiger partial charge in [-0.1, -0.05) is 11.6 Å². The summed E-state index contributed by atoms with van der Waals surface area (Å²) in [5.41, 5.74) is -5.48. The van der Waals surface area contributed by atoms with E-state index in [1.54, 1.807) is 6.07 Å². The zero-order valence-corrected chi connectivity index (χ0v) is 9.40. The molecule has 0 radical (unpaired) electrons. The van der Waals surface area contributed by atoms with E-state index < -0.39 is 26.4 Å². The lowest BCUT2D eigenvalue weighted by Gasteiger charge is -2.10. The van der Waals surface area contributed by atoms with Crippen LogP contribution in [0.25, 0.3) is 0 Å². The van der Waals surface area contributed by atoms with Gasteiger partial charge in [-0.3, -0.25) is 0 Å². The maximum absolute atomic E-state index is 12.0. The van der Waals surface area contributed by atoms with E-state index >= 15 is 0 Å². The fraction of sp³-hybridized carbons (Fsp3) is 0.125. The maximum Gasteiger partial charge on any atom is 0.534 e. The summed E-state index contributed by atoms with van der Waals surface area (Å²) in [5.74, 6) is -0.692. The molecule has 0 N–H and O–H groups in total. The Labute approximate surface area is 99.3 Å². The Kier molecular flexibility index (Phi) is 3.54. The average Bonchev–Trinajstić information content (AvgIpc) is 2.19. The first-order valence-electron chi connectivity index (χ1n) is 3.88. The summed E-state index contributed by atoms with van der Waals surface area (Å²) in [6.07, 6.45) is 0. The molecule has 0 aliphatic carbocycles. The summed E-state index contributed by atoms with van der Waals surface area (Å²) in [6, 6.07) is 4.61. The lowest BCUT2D eigenvalue weighted by Crippen LogP contribution is -2.28. The Morgan fingerprint density at radius 3 is 2.35 bits per heavy atom. The van der Waals surface area contributed by atoms with Crippen LogP contribution in [0.5, 0.6) is 5.75 Å². The summed E-state index contributed by atoms with van der Waals surface area (Å²) in [4.78, 5) is 0. The third-order valence-corrected chi connectivity index (χ3v) is 2.81. The summed E-state index contributed by atoms with van der Waals surface area (Å²) in [7, 11) is -5.76. The van der Waals surface area contributed by atoms with Gasteiger partial charge in [-0.15, -0.1) is 0 Å². The van der Waals surface area contributed by atoms with E-state index in [1.807, 2.05) is 0 Å². The molecule has 0 fully saturated rings. The average molecular weight is 286 g/mol. The molecule has 4 nitrogen and oxygen atoms in total. The molecule has 0 saturated carbocycles. The summed E-state index contributed by atoms with van der Waals surface area (Å²) in [5, 5.41) is 8.06. The highest BCUT2D eigenvalue weighted by Crippen LogP contribution is 2.31. The molecule has 9 heteroatoms. The predicted molar refractivity (Wildman–Crippen MR) is 51.8 cm³/mol. The summed E-state index contributed by atoms with van der Waals surface area (Å²) in [6.45, 7) is 0. The second-order valence-corrected chi connectivity index (χ2v) is 4.69. The fourth-order valence-corrected chi connectivity index (χ4v) is 1.54. The van der Waals surface area contributed by atoms with Crippen LogP contribution in [-0.2, 0) is 10.1 Å². The molecule has 0 aliphatic rings. The van der Waals surface area contributed by atoms with Crippen molar-refractivity contribution in [1.29, 1.82) is 5.26 Å². The van der Waals surface area contributed by atoms with Crippen molar-refractivity contribution >= 4 is 21.7 Å². The highest BCUT2D eigenvalue weighted by Gasteiger charge is 2.48. The number of hydrogen-bond donors (Lipinski definition) is 0. The van der Waals surface area contributed by atoms with Gasteiger partial charge in [0.1, 0.15) is 0 Å². The van der Waals surface area contributed by atoms with Crippen LogP contribution < -0.4 is 4.18 Å². The number of alkyl halides is 3. The quantitative estimate of drug-likeness (QED) is 0.618. The van der Waals surface area contributed by atoms with Crippen molar-refractivity contribution < 1.29 is 25.8 Å². The van der Waals surface area contributed by atoms with Crippen LogP contribution in [0.2, 0.25) is 5.02 Å². The first-order valence-corrected chi connectivity index (χ1v) is 5.66. The van der Waals surface area contributed by atoms with E-state index in [1.165, 1.54) is 0 Å². The molecule has 0 aromatic heterocycles. The molecule has 0 saturated heterocycles. The molecular weight excluding hydrogens is 283 g/mol. The normalized spacial score (nSPS) is 11.9. The third kappa shape index (κ3) is 3.01. The number of benzene rings is 1. The van der Waals surface area contributed by atoms with Crippen molar-refractivity contribution in [2.75, 3.05) is 0 Å². The van der Waals surface area contributed by atoms with Gasteiger partial charge in [0.25, 0.3) is 0 Å². The molecule has 0 bridgehead atoms. The number of nitriles is 1. The molecule has 1 aromatic rings. The smallest absolute Gasteiger partial charge is 0.374 e. The van der Waals surface area contributed by atoms with Crippen molar-refractivity contribution in [3.05, 3.63) is 28.8 Å². The molecule has 0 atom stereocenters. The van der Waals surface area contributed by atoms with Gasteiger partial charge in [0.05, 0.1) is 16.7 Å². The van der Waals surface area contributed by atoms with Crippen molar-refractivity contribution in [3.8, 4) is 11.8 Å². The molecule has 1 aromatic carbocycles. The molecule has 92 valence electrons. The Bertz CT molecular complexity index is 577. The van der Waals surface area contributed by atoms with Crippen molar-refractivity contribution in [2.45, 2.75) is 5.51 Å². The first-order chi connectivity index (χ1) is 7.67. The molecule has 0 amide bonds. The van der Waals surface area contributed by atoms with Gasteiger partial charge in [-0.2, -0.15) is 26.9 Å². The fourth-order valence-electron chi connectivity index (χ4n) is 0.803. The molecule has 0 aliphatic heterocycles. The van der Waals surface area contributed by atoms with E-state index in [0.29, 0.717) is 0 Å². The third-order valence-electron chi connectivity index (χ3n) is 1.54. The van der Waals surface area contributed by atoms with Gasteiger partial charge in [0, 0.05) is 0 Å². The number of hydrogen-bond acceptors (Lipinski definition) is 4. The molecule has 0 spiro atoms. The van der Waals surface area contributed by atoms with Crippen molar-refractivity contribution in [2.24, 2.45) is 0 Å². The largest absolute Gasteiger partial charge is 0.534 e. The van der Waals surface area contributed by atoms with E-state index in [2.05, 4.69) is 4.18 Å². The van der Waals surface area contributed by atoms with Crippen LogP contribution in [0, 0.1) is 11.3 Å². The molecule has 0 unspecified atom stereocenters. The monoisotopic (exact) mass is 285 g/mol. The molecular formula is C8H3ClF3NO3S. The van der Waals surface area contributed by atoms with Gasteiger partial charge in [0.2, 0.25) is 0 Å². The topological polar surface area (TPSA) is 67.2 Å². The SMILES string of the molecule is N#Cc1ccc(OS(=O)(=O)C(F)(F)F)c(Cl)c1. The number of nitrogens with zero attached hydrogens (tertiary/aromatic N) is 1. The van der Waals surface area contributed by atoms with Crippen LogP contribution in [0.4, 0.5) is 13.2 Å². The highest BCUT2D eigenvalue weighted by molar-refractivity contribution is 7.88. The van der Waals surface area contributed by atoms with E-state index in [-0.39, 0.29) is 5.56 Å². The van der Waals surface area contributed by atoms with Gasteiger partial charge in [-0.05, 0) is 18.2 Å². The van der Waals surface area contributed by atoms with E-state index in [9.17, 15) is 21.6 Å². The van der Waals surface area contributed by atoms with Crippen LogP contribution in [-0.4, -0.2) is 13.9 Å². The molecule has 17 heavy (non-hydrogen) atoms. The molecule has 0 heterocycles. The van der Waals surface area contributed by atoms with Crippen molar-refractivity contribution in [3.63, 3.8) is 0 Å². The second kappa shape index (κ2) is 4.43. The van der Waals surface area contributed by atoms with Crippen LogP contribution >= 0.6 is 11.6 Å². The number of rotatable bonds is 2. The Morgan fingerprint density at radius 2 is 1.94 bits per heavy atom. The summed E-state index contributed by atoms with van der Waals surface area (Å²) >= 11 is 5.46. The molecule has 1 rings (SSSR count). The standard InChI is InChI=1S/C8H3ClF3NO3S/c9-6-3-5(4-13)1-2-7(6)16-17(14,15)8(10,11)12/h1-3H. The van der Waals surface area contributed by atoms with Crippen LogP contribution in [0.3, 0.4) is 0 Å². The minimum atomic E-state index is -5.76. The van der Waals surface area contributed by atoms with Gasteiger partial charge >= 0.3 is 15.6 Å². The van der Waals surface area contributed by atoms with Crippen molar-refractivity contribution in [1.82, 2.24) is 0 Å². The Balaban J connectivity index is 3.11. The lowest BCUT2D eigenvalue weighted by molar-refractivity contribution is -0.0500. The van der Waals surface area contributed by atoms with Crippen LogP contribution in [0.1, 0.15) is 5.56 Å². The Morgan fingerprint density at radius 1 is 1.35 bits per heavy atom. The van der Waals surface area contributed by atoms with Gasteiger partial charge in [-0.25, -0.2) is 0 Å². The van der Waals surface area contributed by atoms with Gasteiger partial charge in [0.15, 0.2) is 5.75 Å². The predicted octanol–water partition coefficient (Wildman–Crippen LogP) is 2.44. The first kappa shape index (κ1) is 13.6. The maximum atomic E-state index is 12.0. The lowest BCUT2D eigenvalue weighted by atomic mass is 10.2. The Hall–Kier alpha value is -1.46. The zero-order chi connectivity index (χ0) is 13.3. The number of halogens is 4. The second-order valence-electron chi connectivity index (χ2n) is 2.74. The van der Waals surface area contributed by atoms with Crippen LogP contribution in [0.15, 0.2) is 18.2 Å². The minimum absolute atomic E-state index is 0.0618. The summed E-state index contributed by atoms with van der Waals surface area (Å²) < 4.78 is 61.1. The van der Waals surface area contributed by atoms with E-state index in [0.717, 1.165) is 18.2 Å². The van der Waals surface area contributed by atoms with E-state index in [4.69, 9.17) is 16.9 Å². The minimum Gasteiger partial charge on any atom is -0.374 e. The zero-order valence-electron chi connectivity index (χ0n) is 7.82.